The zero-order valence-corrected chi connectivity index (χ0v) is 9.69. The van der Waals surface area contributed by atoms with Crippen LogP contribution in [-0.4, -0.2) is 28.2 Å². The minimum atomic E-state index is 0.707. The summed E-state index contributed by atoms with van der Waals surface area (Å²) < 4.78 is 0. The van der Waals surface area contributed by atoms with Crippen LogP contribution in [0, 0.1) is 0 Å². The zero-order valence-electron chi connectivity index (χ0n) is 8.93. The summed E-state index contributed by atoms with van der Waals surface area (Å²) in [6.07, 6.45) is 3.75. The summed E-state index contributed by atoms with van der Waals surface area (Å²) in [7, 11) is 0. The molecule has 0 radical (unpaired) electrons. The van der Waals surface area contributed by atoms with Gasteiger partial charge >= 0.3 is 0 Å². The Kier molecular flexibility index (Phi) is 2.44. The molecule has 0 amide bonds. The predicted molar refractivity (Wildman–Crippen MR) is 64.3 cm³/mol. The second-order valence-electron chi connectivity index (χ2n) is 4.12. The van der Waals surface area contributed by atoms with Crippen LogP contribution in [-0.2, 0) is 0 Å². The van der Waals surface area contributed by atoms with Crippen molar-refractivity contribution in [3.63, 3.8) is 0 Å². The molecule has 1 fully saturated rings. The van der Waals surface area contributed by atoms with Crippen LogP contribution in [0.5, 0.6) is 0 Å². The smallest absolute Gasteiger partial charge is 0.116 e. The van der Waals surface area contributed by atoms with Crippen molar-refractivity contribution < 1.29 is 0 Å². The van der Waals surface area contributed by atoms with E-state index in [0.29, 0.717) is 5.02 Å². The molecule has 0 atom stereocenters. The molecule has 5 heteroatoms. The van der Waals surface area contributed by atoms with Gasteiger partial charge in [0.25, 0.3) is 0 Å². The number of hydrogen-bond acceptors (Lipinski definition) is 3. The first-order valence-electron chi connectivity index (χ1n) is 5.61. The third-order valence-corrected chi connectivity index (χ3v) is 3.15. The molecule has 3 rings (SSSR count). The quantitative estimate of drug-likeness (QED) is 0.761. The molecule has 0 spiro atoms. The summed E-state index contributed by atoms with van der Waals surface area (Å²) >= 11 is 5.92. The number of aromatic nitrogens is 3. The number of piperidine rings is 1. The van der Waals surface area contributed by atoms with E-state index in [9.17, 15) is 0 Å². The van der Waals surface area contributed by atoms with Crippen molar-refractivity contribution in [3.05, 3.63) is 23.2 Å². The number of halogens is 1. The molecule has 1 aromatic heterocycles. The normalized spacial score (nSPS) is 16.9. The van der Waals surface area contributed by atoms with Crippen LogP contribution in [0.3, 0.4) is 0 Å². The fourth-order valence-electron chi connectivity index (χ4n) is 2.06. The van der Waals surface area contributed by atoms with Gasteiger partial charge in [-0.05, 0) is 37.5 Å². The minimum absolute atomic E-state index is 0.707. The zero-order chi connectivity index (χ0) is 11.0. The molecule has 0 N–H and O–H groups in total. The van der Waals surface area contributed by atoms with E-state index in [1.54, 1.807) is 4.91 Å². The third-order valence-electron chi connectivity index (χ3n) is 2.92. The van der Waals surface area contributed by atoms with Gasteiger partial charge in [0.1, 0.15) is 11.0 Å². The summed E-state index contributed by atoms with van der Waals surface area (Å²) in [5, 5.41) is 11.8. The molecular formula is C11H13ClN4. The van der Waals surface area contributed by atoms with Crippen LogP contribution < -0.4 is 5.01 Å². The van der Waals surface area contributed by atoms with Crippen LogP contribution in [0.25, 0.3) is 11.0 Å². The molecule has 4 nitrogen and oxygen atoms in total. The molecule has 0 unspecified atom stereocenters. The Hall–Kier alpha value is -1.29. The lowest BCUT2D eigenvalue weighted by atomic mass is 10.2. The lowest BCUT2D eigenvalue weighted by molar-refractivity contribution is 0.416. The molecule has 1 saturated heterocycles. The first-order chi connectivity index (χ1) is 7.83. The summed E-state index contributed by atoms with van der Waals surface area (Å²) in [4.78, 5) is 1.72. The summed E-state index contributed by atoms with van der Waals surface area (Å²) in [6, 6.07) is 5.61. The maximum absolute atomic E-state index is 5.92. The third kappa shape index (κ3) is 1.73. The minimum Gasteiger partial charge on any atom is -0.280 e. The van der Waals surface area contributed by atoms with Gasteiger partial charge < -0.3 is 0 Å². The maximum atomic E-state index is 5.92. The van der Waals surface area contributed by atoms with E-state index in [1.807, 2.05) is 18.2 Å². The van der Waals surface area contributed by atoms with E-state index < -0.39 is 0 Å². The lowest BCUT2D eigenvalue weighted by Crippen LogP contribution is -2.40. The number of fused-ring (bicyclic) bond motifs is 1. The first kappa shape index (κ1) is 9.90. The van der Waals surface area contributed by atoms with Crippen LogP contribution in [0.1, 0.15) is 19.3 Å². The number of nitrogens with zero attached hydrogens (tertiary/aromatic N) is 4. The largest absolute Gasteiger partial charge is 0.280 e. The van der Waals surface area contributed by atoms with Gasteiger partial charge in [-0.2, -0.15) is 0 Å². The summed E-state index contributed by atoms with van der Waals surface area (Å²) in [5.41, 5.74) is 1.76. The highest BCUT2D eigenvalue weighted by atomic mass is 35.5. The number of rotatable bonds is 1. The highest BCUT2D eigenvalue weighted by Crippen LogP contribution is 2.16. The summed E-state index contributed by atoms with van der Waals surface area (Å²) in [5.74, 6) is 0. The van der Waals surface area contributed by atoms with Crippen LogP contribution in [0.2, 0.25) is 5.02 Å². The van der Waals surface area contributed by atoms with E-state index >= 15 is 0 Å². The van der Waals surface area contributed by atoms with Crippen molar-refractivity contribution in [1.29, 1.82) is 0 Å². The average molecular weight is 237 g/mol. The Labute approximate surface area is 98.8 Å². The molecule has 0 bridgehead atoms. The number of benzene rings is 1. The maximum Gasteiger partial charge on any atom is 0.116 e. The molecule has 16 heavy (non-hydrogen) atoms. The molecule has 1 aliphatic rings. The fourth-order valence-corrected chi connectivity index (χ4v) is 2.23. The summed E-state index contributed by atoms with van der Waals surface area (Å²) in [6.45, 7) is 2.07. The van der Waals surface area contributed by atoms with Gasteiger partial charge in [0.15, 0.2) is 0 Å². The molecule has 1 aromatic carbocycles. The first-order valence-corrected chi connectivity index (χ1v) is 5.98. The van der Waals surface area contributed by atoms with Gasteiger partial charge in [0, 0.05) is 18.1 Å². The molecule has 84 valence electrons. The highest BCUT2D eigenvalue weighted by Gasteiger charge is 2.13. The van der Waals surface area contributed by atoms with Crippen molar-refractivity contribution in [1.82, 2.24) is 15.1 Å². The molecular weight excluding hydrogens is 224 g/mol. The Morgan fingerprint density at radius 1 is 1.00 bits per heavy atom. The predicted octanol–water partition coefficient (Wildman–Crippen LogP) is 2.21. The SMILES string of the molecule is Clc1ccc2nn(N3CCCCC3)nc2c1. The molecule has 1 aliphatic heterocycles. The molecule has 0 saturated carbocycles. The Balaban J connectivity index is 1.97. The lowest BCUT2D eigenvalue weighted by Gasteiger charge is -2.26. The van der Waals surface area contributed by atoms with Gasteiger partial charge in [0.2, 0.25) is 0 Å². The van der Waals surface area contributed by atoms with Gasteiger partial charge in [-0.3, -0.25) is 5.01 Å². The van der Waals surface area contributed by atoms with Gasteiger partial charge in [-0.15, -0.1) is 10.2 Å². The number of hydrogen-bond donors (Lipinski definition) is 0. The van der Waals surface area contributed by atoms with Crippen LogP contribution in [0.4, 0.5) is 0 Å². The van der Waals surface area contributed by atoms with Gasteiger partial charge in [-0.1, -0.05) is 16.5 Å². The Bertz CT molecular complexity index is 502. The molecule has 2 heterocycles. The molecule has 0 aliphatic carbocycles. The van der Waals surface area contributed by atoms with E-state index in [1.165, 1.54) is 19.3 Å². The van der Waals surface area contributed by atoms with Crippen molar-refractivity contribution in [2.45, 2.75) is 19.3 Å². The average Bonchev–Trinajstić information content (AvgIpc) is 2.73. The molecule has 2 aromatic rings. The van der Waals surface area contributed by atoms with Gasteiger partial charge in [0.05, 0.1) is 0 Å². The highest BCUT2D eigenvalue weighted by molar-refractivity contribution is 6.31. The van der Waals surface area contributed by atoms with Crippen LogP contribution >= 0.6 is 11.6 Å². The van der Waals surface area contributed by atoms with E-state index in [4.69, 9.17) is 11.6 Å². The van der Waals surface area contributed by atoms with E-state index in [0.717, 1.165) is 24.1 Å². The van der Waals surface area contributed by atoms with E-state index in [-0.39, 0.29) is 0 Å². The van der Waals surface area contributed by atoms with Crippen molar-refractivity contribution in [2.24, 2.45) is 0 Å². The topological polar surface area (TPSA) is 34.0 Å². The monoisotopic (exact) mass is 236 g/mol. The second-order valence-corrected chi connectivity index (χ2v) is 4.55. The van der Waals surface area contributed by atoms with Crippen molar-refractivity contribution in [2.75, 3.05) is 18.1 Å². The van der Waals surface area contributed by atoms with E-state index in [2.05, 4.69) is 15.2 Å². The Morgan fingerprint density at radius 3 is 2.56 bits per heavy atom. The van der Waals surface area contributed by atoms with Crippen molar-refractivity contribution in [3.8, 4) is 0 Å². The fraction of sp³-hybridized carbons (Fsp3) is 0.455. The van der Waals surface area contributed by atoms with Crippen LogP contribution in [0.15, 0.2) is 18.2 Å². The second kappa shape index (κ2) is 3.94. The standard InChI is InChI=1S/C11H13ClN4/c12-9-4-5-10-11(8-9)14-16(13-10)15-6-2-1-3-7-15/h4-5,8H,1-3,6-7H2. The van der Waals surface area contributed by atoms with Crippen molar-refractivity contribution >= 4 is 22.6 Å². The van der Waals surface area contributed by atoms with Gasteiger partial charge in [-0.25, -0.2) is 0 Å². The Morgan fingerprint density at radius 2 is 1.75 bits per heavy atom.